The van der Waals surface area contributed by atoms with Crippen LogP contribution in [0, 0.1) is 25.2 Å². The minimum atomic E-state index is -3.45. The lowest BCUT2D eigenvalue weighted by Crippen LogP contribution is -2.51. The van der Waals surface area contributed by atoms with Gasteiger partial charge in [-0.3, -0.25) is 4.90 Å². The maximum absolute atomic E-state index is 12.7. The van der Waals surface area contributed by atoms with Crippen molar-refractivity contribution in [3.63, 3.8) is 0 Å². The molecule has 0 N–H and O–H groups in total. The van der Waals surface area contributed by atoms with Crippen LogP contribution < -0.4 is 0 Å². The summed E-state index contributed by atoms with van der Waals surface area (Å²) in [7, 11) is -3.45. The molecule has 0 unspecified atom stereocenters. The summed E-state index contributed by atoms with van der Waals surface area (Å²) in [5, 5.41) is 8.93. The quantitative estimate of drug-likeness (QED) is 0.849. The first-order valence-electron chi connectivity index (χ1n) is 7.07. The number of nitrogens with zero attached hydrogens (tertiary/aromatic N) is 3. The molecule has 0 aromatic heterocycles. The fourth-order valence-corrected chi connectivity index (χ4v) is 4.27. The van der Waals surface area contributed by atoms with Crippen LogP contribution in [-0.2, 0) is 10.0 Å². The van der Waals surface area contributed by atoms with Crippen molar-refractivity contribution in [2.24, 2.45) is 0 Å². The molecule has 0 amide bonds. The number of piperazine rings is 1. The number of hydrogen-bond donors (Lipinski definition) is 0. The van der Waals surface area contributed by atoms with E-state index in [0.29, 0.717) is 31.1 Å². The zero-order valence-electron chi connectivity index (χ0n) is 12.7. The highest BCUT2D eigenvalue weighted by molar-refractivity contribution is 7.89. The summed E-state index contributed by atoms with van der Waals surface area (Å²) in [4.78, 5) is 2.40. The summed E-state index contributed by atoms with van der Waals surface area (Å²) in [6.07, 6.45) is 0. The van der Waals surface area contributed by atoms with Crippen LogP contribution in [0.2, 0.25) is 0 Å². The van der Waals surface area contributed by atoms with Crippen molar-refractivity contribution in [1.82, 2.24) is 9.21 Å². The lowest BCUT2D eigenvalue weighted by Gasteiger charge is -2.35. The van der Waals surface area contributed by atoms with Gasteiger partial charge in [0.05, 0.1) is 17.0 Å². The van der Waals surface area contributed by atoms with Crippen molar-refractivity contribution in [1.29, 1.82) is 5.26 Å². The fourth-order valence-electron chi connectivity index (χ4n) is 2.54. The van der Waals surface area contributed by atoms with Gasteiger partial charge >= 0.3 is 0 Å². The van der Waals surface area contributed by atoms with Crippen LogP contribution in [0.3, 0.4) is 0 Å². The van der Waals surface area contributed by atoms with Crippen LogP contribution in [-0.4, -0.2) is 49.8 Å². The Labute approximate surface area is 126 Å². The number of benzene rings is 1. The molecule has 1 fully saturated rings. The molecule has 1 atom stereocenters. The molecule has 1 aliphatic rings. The molecular formula is C15H21N3O2S. The van der Waals surface area contributed by atoms with Gasteiger partial charge in [-0.05, 0) is 38.0 Å². The predicted octanol–water partition coefficient (Wildman–Crippen LogP) is 1.52. The summed E-state index contributed by atoms with van der Waals surface area (Å²) in [5.74, 6) is 0. The van der Waals surface area contributed by atoms with Gasteiger partial charge in [0.1, 0.15) is 0 Å². The van der Waals surface area contributed by atoms with E-state index in [0.717, 1.165) is 11.1 Å². The second kappa shape index (κ2) is 6.14. The lowest BCUT2D eigenvalue weighted by atomic mass is 10.2. The third-order valence-electron chi connectivity index (χ3n) is 3.97. The summed E-state index contributed by atoms with van der Waals surface area (Å²) in [6, 6.07) is 7.52. The van der Waals surface area contributed by atoms with Crippen molar-refractivity contribution in [2.75, 3.05) is 26.2 Å². The smallest absolute Gasteiger partial charge is 0.243 e. The maximum Gasteiger partial charge on any atom is 0.243 e. The van der Waals surface area contributed by atoms with Crippen LogP contribution >= 0.6 is 0 Å². The average molecular weight is 307 g/mol. The van der Waals surface area contributed by atoms with E-state index in [1.165, 1.54) is 4.31 Å². The molecule has 5 nitrogen and oxygen atoms in total. The molecule has 0 spiro atoms. The van der Waals surface area contributed by atoms with Gasteiger partial charge in [-0.25, -0.2) is 8.42 Å². The van der Waals surface area contributed by atoms with Crippen LogP contribution in [0.1, 0.15) is 18.1 Å². The first-order chi connectivity index (χ1) is 9.86. The molecule has 0 saturated carbocycles. The Kier molecular flexibility index (Phi) is 4.67. The molecule has 1 heterocycles. The largest absolute Gasteiger partial charge is 0.286 e. The van der Waals surface area contributed by atoms with E-state index in [1.807, 2.05) is 37.8 Å². The van der Waals surface area contributed by atoms with Gasteiger partial charge in [0.2, 0.25) is 10.0 Å². The van der Waals surface area contributed by atoms with Gasteiger partial charge in [-0.2, -0.15) is 9.57 Å². The second-order valence-electron chi connectivity index (χ2n) is 5.51. The van der Waals surface area contributed by atoms with E-state index in [9.17, 15) is 8.42 Å². The van der Waals surface area contributed by atoms with Gasteiger partial charge in [0, 0.05) is 26.2 Å². The first kappa shape index (κ1) is 16.0. The zero-order chi connectivity index (χ0) is 15.6. The Morgan fingerprint density at radius 2 is 1.81 bits per heavy atom. The summed E-state index contributed by atoms with van der Waals surface area (Å²) in [5.41, 5.74) is 1.71. The Morgan fingerprint density at radius 3 is 2.38 bits per heavy atom. The van der Waals surface area contributed by atoms with E-state index in [-0.39, 0.29) is 6.04 Å². The molecule has 1 saturated heterocycles. The molecule has 114 valence electrons. The number of rotatable bonds is 3. The third-order valence-corrected chi connectivity index (χ3v) is 6.01. The monoisotopic (exact) mass is 307 g/mol. The molecule has 2 rings (SSSR count). The van der Waals surface area contributed by atoms with Crippen molar-refractivity contribution >= 4 is 10.0 Å². The van der Waals surface area contributed by atoms with E-state index in [4.69, 9.17) is 5.26 Å². The van der Waals surface area contributed by atoms with Gasteiger partial charge < -0.3 is 0 Å². The molecular weight excluding hydrogens is 286 g/mol. The molecule has 0 bridgehead atoms. The van der Waals surface area contributed by atoms with Gasteiger partial charge in [0.25, 0.3) is 0 Å². The SMILES string of the molecule is Cc1ccc(C)c(S(=O)(=O)N2CCN([C@@H](C)C#N)CC2)c1. The molecule has 1 aliphatic heterocycles. The van der Waals surface area contributed by atoms with Crippen molar-refractivity contribution < 1.29 is 8.42 Å². The Morgan fingerprint density at radius 1 is 1.19 bits per heavy atom. The van der Waals surface area contributed by atoms with E-state index in [1.54, 1.807) is 6.07 Å². The summed E-state index contributed by atoms with van der Waals surface area (Å²) in [6.45, 7) is 7.61. The third kappa shape index (κ3) is 3.26. The molecule has 1 aromatic carbocycles. The predicted molar refractivity (Wildman–Crippen MR) is 81.3 cm³/mol. The molecule has 21 heavy (non-hydrogen) atoms. The van der Waals surface area contributed by atoms with E-state index >= 15 is 0 Å². The minimum Gasteiger partial charge on any atom is -0.286 e. The van der Waals surface area contributed by atoms with Crippen molar-refractivity contribution in [3.05, 3.63) is 29.3 Å². The van der Waals surface area contributed by atoms with Crippen LogP contribution in [0.5, 0.6) is 0 Å². The van der Waals surface area contributed by atoms with E-state index in [2.05, 4.69) is 6.07 Å². The van der Waals surface area contributed by atoms with Crippen molar-refractivity contribution in [3.8, 4) is 6.07 Å². The molecule has 6 heteroatoms. The number of nitriles is 1. The Balaban J connectivity index is 2.19. The normalized spacial score (nSPS) is 19.1. The number of sulfonamides is 1. The first-order valence-corrected chi connectivity index (χ1v) is 8.51. The highest BCUT2D eigenvalue weighted by Gasteiger charge is 2.30. The van der Waals surface area contributed by atoms with Crippen LogP contribution in [0.25, 0.3) is 0 Å². The Hall–Kier alpha value is -1.42. The lowest BCUT2D eigenvalue weighted by molar-refractivity contribution is 0.169. The number of hydrogen-bond acceptors (Lipinski definition) is 4. The molecule has 1 aromatic rings. The standard InChI is InChI=1S/C15H21N3O2S/c1-12-4-5-13(2)15(10-12)21(19,20)18-8-6-17(7-9-18)14(3)11-16/h4-5,10,14H,6-9H2,1-3H3/t14-/m0/s1. The highest BCUT2D eigenvalue weighted by Crippen LogP contribution is 2.22. The van der Waals surface area contributed by atoms with Gasteiger partial charge in [-0.15, -0.1) is 0 Å². The van der Waals surface area contributed by atoms with Crippen LogP contribution in [0.15, 0.2) is 23.1 Å². The topological polar surface area (TPSA) is 64.4 Å². The van der Waals surface area contributed by atoms with Crippen molar-refractivity contribution in [2.45, 2.75) is 31.7 Å². The van der Waals surface area contributed by atoms with Gasteiger partial charge in [-0.1, -0.05) is 12.1 Å². The van der Waals surface area contributed by atoms with Crippen LogP contribution in [0.4, 0.5) is 0 Å². The second-order valence-corrected chi connectivity index (χ2v) is 7.42. The molecule has 0 radical (unpaired) electrons. The van der Waals surface area contributed by atoms with Gasteiger partial charge in [0.15, 0.2) is 0 Å². The minimum absolute atomic E-state index is 0.171. The highest BCUT2D eigenvalue weighted by atomic mass is 32.2. The van der Waals surface area contributed by atoms with E-state index < -0.39 is 10.0 Å². The molecule has 0 aliphatic carbocycles. The summed E-state index contributed by atoms with van der Waals surface area (Å²) < 4.78 is 27.0. The zero-order valence-corrected chi connectivity index (χ0v) is 13.5. The fraction of sp³-hybridized carbons (Fsp3) is 0.533. The maximum atomic E-state index is 12.7. The Bertz CT molecular complexity index is 656. The summed E-state index contributed by atoms with van der Waals surface area (Å²) >= 11 is 0. The average Bonchev–Trinajstić information content (AvgIpc) is 2.49. The number of aryl methyl sites for hydroxylation is 2.